The number of anilines is 1. The second-order valence-corrected chi connectivity index (χ2v) is 5.18. The average Bonchev–Trinajstić information content (AvgIpc) is 2.47. The standard InChI is InChI=1S/C15H18BrNO5/c1-3-21-14(19)8-7-13(18)17-12-6-5-10(16)9-11(12)15(20)22-4-2/h5-6,9H,3-4,7-8H2,1-2H3,(H,17,18). The molecule has 0 spiro atoms. The lowest BCUT2D eigenvalue weighted by molar-refractivity contribution is -0.144. The van der Waals surface area contributed by atoms with Gasteiger partial charge in [-0.15, -0.1) is 0 Å². The molecule has 0 aliphatic heterocycles. The Morgan fingerprint density at radius 1 is 1.09 bits per heavy atom. The second kappa shape index (κ2) is 9.19. The fourth-order valence-corrected chi connectivity index (χ4v) is 2.03. The molecule has 120 valence electrons. The molecule has 1 aromatic rings. The Morgan fingerprint density at radius 3 is 2.41 bits per heavy atom. The van der Waals surface area contributed by atoms with E-state index >= 15 is 0 Å². The fraction of sp³-hybridized carbons (Fsp3) is 0.400. The topological polar surface area (TPSA) is 81.7 Å². The van der Waals surface area contributed by atoms with E-state index in [0.717, 1.165) is 0 Å². The first-order valence-electron chi connectivity index (χ1n) is 6.90. The van der Waals surface area contributed by atoms with E-state index in [1.54, 1.807) is 32.0 Å². The smallest absolute Gasteiger partial charge is 0.340 e. The molecule has 0 atom stereocenters. The van der Waals surface area contributed by atoms with Crippen molar-refractivity contribution in [3.8, 4) is 0 Å². The molecule has 0 bridgehead atoms. The van der Waals surface area contributed by atoms with Crippen LogP contribution in [0.5, 0.6) is 0 Å². The van der Waals surface area contributed by atoms with Crippen LogP contribution in [0.15, 0.2) is 22.7 Å². The summed E-state index contributed by atoms with van der Waals surface area (Å²) in [6, 6.07) is 4.86. The maximum Gasteiger partial charge on any atom is 0.340 e. The van der Waals surface area contributed by atoms with Gasteiger partial charge in [-0.05, 0) is 32.0 Å². The summed E-state index contributed by atoms with van der Waals surface area (Å²) in [7, 11) is 0. The monoisotopic (exact) mass is 371 g/mol. The summed E-state index contributed by atoms with van der Waals surface area (Å²) < 4.78 is 10.4. The van der Waals surface area contributed by atoms with Gasteiger partial charge in [-0.25, -0.2) is 4.79 Å². The van der Waals surface area contributed by atoms with Crippen LogP contribution in [0, 0.1) is 0 Å². The summed E-state index contributed by atoms with van der Waals surface area (Å²) in [5.74, 6) is -1.33. The van der Waals surface area contributed by atoms with E-state index in [1.165, 1.54) is 0 Å². The maximum atomic E-state index is 11.9. The highest BCUT2D eigenvalue weighted by Gasteiger charge is 2.16. The minimum absolute atomic E-state index is 0.00899. The van der Waals surface area contributed by atoms with Gasteiger partial charge >= 0.3 is 11.9 Å². The van der Waals surface area contributed by atoms with Crippen LogP contribution < -0.4 is 5.32 Å². The Morgan fingerprint density at radius 2 is 1.77 bits per heavy atom. The molecule has 0 saturated heterocycles. The number of halogens is 1. The van der Waals surface area contributed by atoms with Gasteiger partial charge in [0.05, 0.1) is 30.9 Å². The zero-order valence-corrected chi connectivity index (χ0v) is 14.1. The van der Waals surface area contributed by atoms with Crippen LogP contribution >= 0.6 is 15.9 Å². The molecule has 0 aliphatic carbocycles. The van der Waals surface area contributed by atoms with Crippen LogP contribution in [-0.4, -0.2) is 31.1 Å². The molecule has 0 aromatic heterocycles. The zero-order valence-electron chi connectivity index (χ0n) is 12.5. The van der Waals surface area contributed by atoms with Crippen molar-refractivity contribution >= 4 is 39.5 Å². The van der Waals surface area contributed by atoms with Gasteiger partial charge in [0.2, 0.25) is 5.91 Å². The molecule has 1 amide bonds. The van der Waals surface area contributed by atoms with Crippen LogP contribution in [0.3, 0.4) is 0 Å². The highest BCUT2D eigenvalue weighted by atomic mass is 79.9. The Kier molecular flexibility index (Phi) is 7.59. The molecule has 0 radical (unpaired) electrons. The Bertz CT molecular complexity index is 559. The van der Waals surface area contributed by atoms with Crippen molar-refractivity contribution in [2.24, 2.45) is 0 Å². The molecule has 22 heavy (non-hydrogen) atoms. The summed E-state index contributed by atoms with van der Waals surface area (Å²) in [6.45, 7) is 3.92. The summed E-state index contributed by atoms with van der Waals surface area (Å²) in [6.07, 6.45) is -0.0257. The Balaban J connectivity index is 2.74. The number of amides is 1. The molecular weight excluding hydrogens is 354 g/mol. The zero-order chi connectivity index (χ0) is 16.5. The molecule has 0 aliphatic rings. The molecule has 0 saturated carbocycles. The molecule has 0 unspecified atom stereocenters. The predicted molar refractivity (Wildman–Crippen MR) is 84.6 cm³/mol. The first-order chi connectivity index (χ1) is 10.5. The van der Waals surface area contributed by atoms with E-state index in [1.807, 2.05) is 0 Å². The number of esters is 2. The van der Waals surface area contributed by atoms with Crippen LogP contribution in [0.1, 0.15) is 37.0 Å². The number of ether oxygens (including phenoxy) is 2. The van der Waals surface area contributed by atoms with Crippen molar-refractivity contribution in [3.63, 3.8) is 0 Å². The number of hydrogen-bond donors (Lipinski definition) is 1. The van der Waals surface area contributed by atoms with Crippen LogP contribution in [-0.2, 0) is 19.1 Å². The molecule has 1 rings (SSSR count). The summed E-state index contributed by atoms with van der Waals surface area (Å²) in [4.78, 5) is 35.0. The van der Waals surface area contributed by atoms with Crippen LogP contribution in [0.25, 0.3) is 0 Å². The second-order valence-electron chi connectivity index (χ2n) is 4.26. The van der Waals surface area contributed by atoms with Gasteiger partial charge in [0.15, 0.2) is 0 Å². The molecule has 6 nitrogen and oxygen atoms in total. The van der Waals surface area contributed by atoms with Gasteiger partial charge in [0.25, 0.3) is 0 Å². The minimum Gasteiger partial charge on any atom is -0.466 e. The molecule has 1 aromatic carbocycles. The van der Waals surface area contributed by atoms with Gasteiger partial charge < -0.3 is 14.8 Å². The molecule has 0 heterocycles. The predicted octanol–water partition coefficient (Wildman–Crippen LogP) is 2.91. The average molecular weight is 372 g/mol. The van der Waals surface area contributed by atoms with E-state index in [0.29, 0.717) is 10.2 Å². The minimum atomic E-state index is -0.524. The largest absolute Gasteiger partial charge is 0.466 e. The van der Waals surface area contributed by atoms with Crippen molar-refractivity contribution < 1.29 is 23.9 Å². The molecule has 1 N–H and O–H groups in total. The Hall–Kier alpha value is -1.89. The van der Waals surface area contributed by atoms with E-state index < -0.39 is 11.9 Å². The normalized spacial score (nSPS) is 9.95. The van der Waals surface area contributed by atoms with Crippen LogP contribution in [0.4, 0.5) is 5.69 Å². The Labute approximate surface area is 137 Å². The number of rotatable bonds is 7. The lowest BCUT2D eigenvalue weighted by Gasteiger charge is -2.11. The summed E-state index contributed by atoms with van der Waals surface area (Å²) in [5, 5.41) is 2.61. The van der Waals surface area contributed by atoms with Crippen molar-refractivity contribution in [1.29, 1.82) is 0 Å². The van der Waals surface area contributed by atoms with Gasteiger partial charge in [-0.2, -0.15) is 0 Å². The molecule has 0 fully saturated rings. The van der Waals surface area contributed by atoms with Crippen molar-refractivity contribution in [2.75, 3.05) is 18.5 Å². The molecular formula is C15H18BrNO5. The van der Waals surface area contributed by atoms with Gasteiger partial charge in [-0.3, -0.25) is 9.59 Å². The van der Waals surface area contributed by atoms with E-state index in [2.05, 4.69) is 21.2 Å². The fourth-order valence-electron chi connectivity index (χ4n) is 1.66. The van der Waals surface area contributed by atoms with Crippen LogP contribution in [0.2, 0.25) is 0 Å². The van der Waals surface area contributed by atoms with Gasteiger partial charge in [0, 0.05) is 10.9 Å². The van der Waals surface area contributed by atoms with E-state index in [9.17, 15) is 14.4 Å². The van der Waals surface area contributed by atoms with Crippen molar-refractivity contribution in [1.82, 2.24) is 0 Å². The third-order valence-electron chi connectivity index (χ3n) is 2.61. The number of nitrogens with one attached hydrogen (secondary N) is 1. The summed E-state index contributed by atoms with van der Waals surface area (Å²) >= 11 is 3.27. The maximum absolute atomic E-state index is 11.9. The van der Waals surface area contributed by atoms with Crippen molar-refractivity contribution in [2.45, 2.75) is 26.7 Å². The highest BCUT2D eigenvalue weighted by molar-refractivity contribution is 9.10. The molecule has 7 heteroatoms. The van der Waals surface area contributed by atoms with Crippen molar-refractivity contribution in [3.05, 3.63) is 28.2 Å². The quantitative estimate of drug-likeness (QED) is 0.745. The highest BCUT2D eigenvalue weighted by Crippen LogP contribution is 2.22. The SMILES string of the molecule is CCOC(=O)CCC(=O)Nc1ccc(Br)cc1C(=O)OCC. The summed E-state index contributed by atoms with van der Waals surface area (Å²) in [5.41, 5.74) is 0.594. The van der Waals surface area contributed by atoms with Gasteiger partial charge in [-0.1, -0.05) is 15.9 Å². The number of benzene rings is 1. The number of carbonyl (C=O) groups excluding carboxylic acids is 3. The third-order valence-corrected chi connectivity index (χ3v) is 3.11. The third kappa shape index (κ3) is 5.85. The number of carbonyl (C=O) groups is 3. The van der Waals surface area contributed by atoms with E-state index in [4.69, 9.17) is 9.47 Å². The van der Waals surface area contributed by atoms with Gasteiger partial charge in [0.1, 0.15) is 0 Å². The first-order valence-corrected chi connectivity index (χ1v) is 7.69. The lowest BCUT2D eigenvalue weighted by Crippen LogP contribution is -2.17. The first kappa shape index (κ1) is 18.2. The number of hydrogen-bond acceptors (Lipinski definition) is 5. The van der Waals surface area contributed by atoms with E-state index in [-0.39, 0.29) is 37.5 Å². The lowest BCUT2D eigenvalue weighted by atomic mass is 10.1.